The molecule has 3 nitrogen and oxygen atoms in total. The van der Waals surface area contributed by atoms with Crippen molar-refractivity contribution in [3.8, 4) is 11.3 Å². The van der Waals surface area contributed by atoms with Crippen molar-refractivity contribution in [2.24, 2.45) is 5.10 Å². The van der Waals surface area contributed by atoms with E-state index in [2.05, 4.69) is 15.5 Å². The molecule has 0 spiro atoms. The first-order valence-corrected chi connectivity index (χ1v) is 7.99. The number of nitrogens with zero attached hydrogens (tertiary/aromatic N) is 2. The van der Waals surface area contributed by atoms with E-state index in [9.17, 15) is 0 Å². The van der Waals surface area contributed by atoms with Gasteiger partial charge in [0.1, 0.15) is 0 Å². The smallest absolute Gasteiger partial charge is 0.204 e. The molecule has 110 valence electrons. The molecule has 3 rings (SSSR count). The predicted octanol–water partition coefficient (Wildman–Crippen LogP) is 5.22. The van der Waals surface area contributed by atoms with Gasteiger partial charge in [0, 0.05) is 15.5 Å². The molecule has 1 N–H and O–H groups in total. The summed E-state index contributed by atoms with van der Waals surface area (Å²) in [7, 11) is 0. The summed E-state index contributed by atoms with van der Waals surface area (Å²) in [5, 5.41) is 5.72. The second-order valence-corrected chi connectivity index (χ2v) is 6.35. The highest BCUT2D eigenvalue weighted by molar-refractivity contribution is 7.15. The van der Waals surface area contributed by atoms with Crippen molar-refractivity contribution in [1.82, 2.24) is 4.98 Å². The summed E-state index contributed by atoms with van der Waals surface area (Å²) in [6.07, 6.45) is 1.78. The first-order valence-electron chi connectivity index (χ1n) is 6.80. The monoisotopic (exact) mass is 327 g/mol. The molecule has 0 unspecified atom stereocenters. The van der Waals surface area contributed by atoms with Gasteiger partial charge in [-0.3, -0.25) is 5.43 Å². The van der Waals surface area contributed by atoms with Gasteiger partial charge in [-0.1, -0.05) is 54.1 Å². The number of benzene rings is 2. The largest absolute Gasteiger partial charge is 0.253 e. The number of rotatable bonds is 4. The molecule has 0 amide bonds. The number of nitrogens with one attached hydrogen (secondary N) is 1. The van der Waals surface area contributed by atoms with Crippen LogP contribution in [0.1, 0.15) is 10.4 Å². The summed E-state index contributed by atoms with van der Waals surface area (Å²) in [4.78, 5) is 5.73. The van der Waals surface area contributed by atoms with Crippen LogP contribution in [0.4, 0.5) is 5.13 Å². The molecule has 0 aliphatic heterocycles. The van der Waals surface area contributed by atoms with Crippen molar-refractivity contribution in [2.75, 3.05) is 5.43 Å². The first-order chi connectivity index (χ1) is 10.7. The lowest BCUT2D eigenvalue weighted by molar-refractivity contribution is 1.28. The fourth-order valence-corrected chi connectivity index (χ4v) is 2.93. The summed E-state index contributed by atoms with van der Waals surface area (Å²) in [6, 6.07) is 17.6. The third kappa shape index (κ3) is 3.53. The Balaban J connectivity index is 1.75. The summed E-state index contributed by atoms with van der Waals surface area (Å²) in [6.45, 7) is 2.05. The quantitative estimate of drug-likeness (QED) is 0.527. The normalized spacial score (nSPS) is 11.0. The SMILES string of the molecule is Cc1sc(NN=Cc2ccccc2)nc1-c1ccc(Cl)cc1. The van der Waals surface area contributed by atoms with Crippen molar-refractivity contribution in [3.63, 3.8) is 0 Å². The van der Waals surface area contributed by atoms with E-state index in [0.29, 0.717) is 0 Å². The molecule has 22 heavy (non-hydrogen) atoms. The molecule has 1 aromatic heterocycles. The zero-order valence-electron chi connectivity index (χ0n) is 12.0. The van der Waals surface area contributed by atoms with E-state index in [1.807, 2.05) is 61.5 Å². The third-order valence-corrected chi connectivity index (χ3v) is 4.22. The number of hydrazone groups is 1. The fraction of sp³-hybridized carbons (Fsp3) is 0.0588. The molecular formula is C17H14ClN3S. The van der Waals surface area contributed by atoms with E-state index < -0.39 is 0 Å². The van der Waals surface area contributed by atoms with Crippen molar-refractivity contribution in [2.45, 2.75) is 6.92 Å². The lowest BCUT2D eigenvalue weighted by Crippen LogP contribution is -1.89. The topological polar surface area (TPSA) is 37.3 Å². The molecule has 5 heteroatoms. The van der Waals surface area contributed by atoms with Gasteiger partial charge in [0.15, 0.2) is 0 Å². The first kappa shape index (κ1) is 14.8. The summed E-state index contributed by atoms with van der Waals surface area (Å²) in [5.74, 6) is 0. The van der Waals surface area contributed by atoms with Crippen LogP contribution in [0.5, 0.6) is 0 Å². The van der Waals surface area contributed by atoms with Gasteiger partial charge in [-0.15, -0.1) is 11.3 Å². The molecule has 2 aromatic carbocycles. The van der Waals surface area contributed by atoms with Crippen LogP contribution < -0.4 is 5.43 Å². The van der Waals surface area contributed by atoms with Crippen molar-refractivity contribution in [1.29, 1.82) is 0 Å². The molecule has 0 atom stereocenters. The molecule has 0 bridgehead atoms. The fourth-order valence-electron chi connectivity index (χ4n) is 2.02. The van der Waals surface area contributed by atoms with Crippen molar-refractivity contribution in [3.05, 3.63) is 70.1 Å². The van der Waals surface area contributed by atoms with E-state index >= 15 is 0 Å². The number of anilines is 1. The molecular weight excluding hydrogens is 314 g/mol. The Morgan fingerprint density at radius 3 is 2.55 bits per heavy atom. The van der Waals surface area contributed by atoms with Crippen LogP contribution in [-0.4, -0.2) is 11.2 Å². The van der Waals surface area contributed by atoms with Gasteiger partial charge in [0.05, 0.1) is 11.9 Å². The molecule has 0 saturated carbocycles. The minimum Gasteiger partial charge on any atom is -0.253 e. The Morgan fingerprint density at radius 1 is 1.09 bits per heavy atom. The summed E-state index contributed by atoms with van der Waals surface area (Å²) in [5.41, 5.74) is 6.04. The van der Waals surface area contributed by atoms with Crippen LogP contribution in [0, 0.1) is 6.92 Å². The molecule has 1 heterocycles. The molecule has 0 aliphatic carbocycles. The third-order valence-electron chi connectivity index (χ3n) is 3.09. The minimum atomic E-state index is 0.724. The van der Waals surface area contributed by atoms with Crippen LogP contribution in [0.25, 0.3) is 11.3 Å². The minimum absolute atomic E-state index is 0.724. The van der Waals surface area contributed by atoms with E-state index in [1.54, 1.807) is 17.6 Å². The average molecular weight is 328 g/mol. The van der Waals surface area contributed by atoms with Crippen molar-refractivity contribution >= 4 is 34.3 Å². The van der Waals surface area contributed by atoms with E-state index in [4.69, 9.17) is 11.6 Å². The molecule has 0 saturated heterocycles. The average Bonchev–Trinajstić information content (AvgIpc) is 2.90. The van der Waals surface area contributed by atoms with Gasteiger partial charge in [-0.05, 0) is 24.6 Å². The Kier molecular flexibility index (Phi) is 4.51. The van der Waals surface area contributed by atoms with E-state index in [1.165, 1.54) is 0 Å². The Bertz CT molecular complexity index is 779. The maximum absolute atomic E-state index is 5.92. The van der Waals surface area contributed by atoms with Crippen LogP contribution in [-0.2, 0) is 0 Å². The number of aryl methyl sites for hydroxylation is 1. The van der Waals surface area contributed by atoms with E-state index in [0.717, 1.165) is 31.9 Å². The number of hydrogen-bond donors (Lipinski definition) is 1. The highest BCUT2D eigenvalue weighted by Crippen LogP contribution is 2.30. The Hall–Kier alpha value is -2.17. The Morgan fingerprint density at radius 2 is 1.82 bits per heavy atom. The number of aromatic nitrogens is 1. The molecule has 3 aromatic rings. The molecule has 0 fully saturated rings. The molecule has 0 aliphatic rings. The van der Waals surface area contributed by atoms with E-state index in [-0.39, 0.29) is 0 Å². The highest BCUT2D eigenvalue weighted by atomic mass is 35.5. The number of hydrogen-bond acceptors (Lipinski definition) is 4. The standard InChI is InChI=1S/C17H14ClN3S/c1-12-16(14-7-9-15(18)10-8-14)20-17(22-12)21-19-11-13-5-3-2-4-6-13/h2-11H,1H3,(H,20,21). The van der Waals surface area contributed by atoms with Gasteiger partial charge in [0.2, 0.25) is 5.13 Å². The van der Waals surface area contributed by atoms with Gasteiger partial charge in [0.25, 0.3) is 0 Å². The van der Waals surface area contributed by atoms with Gasteiger partial charge in [-0.25, -0.2) is 4.98 Å². The zero-order chi connectivity index (χ0) is 15.4. The van der Waals surface area contributed by atoms with Crippen LogP contribution >= 0.6 is 22.9 Å². The number of halogens is 1. The maximum Gasteiger partial charge on any atom is 0.204 e. The lowest BCUT2D eigenvalue weighted by Gasteiger charge is -1.98. The van der Waals surface area contributed by atoms with Crippen LogP contribution in [0.2, 0.25) is 5.02 Å². The van der Waals surface area contributed by atoms with Gasteiger partial charge >= 0.3 is 0 Å². The predicted molar refractivity (Wildman–Crippen MR) is 95.0 cm³/mol. The summed E-state index contributed by atoms with van der Waals surface area (Å²) >= 11 is 7.50. The van der Waals surface area contributed by atoms with Crippen molar-refractivity contribution < 1.29 is 0 Å². The summed E-state index contributed by atoms with van der Waals surface area (Å²) < 4.78 is 0. The van der Waals surface area contributed by atoms with Gasteiger partial charge < -0.3 is 0 Å². The second kappa shape index (κ2) is 6.73. The maximum atomic E-state index is 5.92. The van der Waals surface area contributed by atoms with Gasteiger partial charge in [-0.2, -0.15) is 5.10 Å². The van der Waals surface area contributed by atoms with Crippen LogP contribution in [0.3, 0.4) is 0 Å². The number of thiazole rings is 1. The highest BCUT2D eigenvalue weighted by Gasteiger charge is 2.09. The second-order valence-electron chi connectivity index (χ2n) is 4.71. The molecule has 0 radical (unpaired) electrons. The Labute approximate surface area is 138 Å². The lowest BCUT2D eigenvalue weighted by atomic mass is 10.1. The zero-order valence-corrected chi connectivity index (χ0v) is 13.5. The van der Waals surface area contributed by atoms with Crippen LogP contribution in [0.15, 0.2) is 59.7 Å².